The summed E-state index contributed by atoms with van der Waals surface area (Å²) in [5.41, 5.74) is 2.22. The van der Waals surface area contributed by atoms with Gasteiger partial charge in [0, 0.05) is 33.1 Å². The highest BCUT2D eigenvalue weighted by Gasteiger charge is 2.25. The van der Waals surface area contributed by atoms with Crippen LogP contribution in [0.3, 0.4) is 0 Å². The van der Waals surface area contributed by atoms with Crippen LogP contribution in [0.1, 0.15) is 30.4 Å². The first-order valence-corrected chi connectivity index (χ1v) is 12.3. The second-order valence-electron chi connectivity index (χ2n) is 7.97. The molecule has 1 unspecified atom stereocenters. The van der Waals surface area contributed by atoms with Crippen molar-refractivity contribution in [3.63, 3.8) is 0 Å². The number of halogens is 1. The van der Waals surface area contributed by atoms with Crippen LogP contribution in [0.4, 0.5) is 0 Å². The predicted octanol–water partition coefficient (Wildman–Crippen LogP) is 3.15. The summed E-state index contributed by atoms with van der Waals surface area (Å²) in [5.74, 6) is 1.64. The molecule has 0 aromatic heterocycles. The van der Waals surface area contributed by atoms with Gasteiger partial charge in [-0.05, 0) is 42.2 Å². The Kier molecular flexibility index (Phi) is 8.78. The standard InChI is InChI=1S/C23H30N4O3S.HI/c1-24-23(26-17-20-15-19-7-3-4-8-22(19)30-20)25-16-18-9-11-21(12-10-18)31(28,29)27-13-5-2-6-14-27;/h3-4,7-12,20H,2,5-6,13-17H2,1H3,(H2,24,25,26);1H. The first kappa shape index (κ1) is 24.8. The molecule has 1 fully saturated rings. The molecule has 174 valence electrons. The summed E-state index contributed by atoms with van der Waals surface area (Å²) in [4.78, 5) is 4.63. The molecule has 0 spiro atoms. The molecule has 0 saturated carbocycles. The van der Waals surface area contributed by atoms with Crippen LogP contribution in [0.5, 0.6) is 5.75 Å². The molecule has 2 aromatic carbocycles. The van der Waals surface area contributed by atoms with Crippen LogP contribution in [0.15, 0.2) is 58.4 Å². The van der Waals surface area contributed by atoms with Crippen molar-refractivity contribution < 1.29 is 13.2 Å². The Morgan fingerprint density at radius 3 is 2.47 bits per heavy atom. The number of fused-ring (bicyclic) bond motifs is 1. The number of benzene rings is 2. The molecule has 2 N–H and O–H groups in total. The molecular weight excluding hydrogens is 539 g/mol. The molecule has 0 radical (unpaired) electrons. The molecule has 0 bridgehead atoms. The lowest BCUT2D eigenvalue weighted by atomic mass is 10.1. The molecule has 0 amide bonds. The van der Waals surface area contributed by atoms with Crippen molar-refractivity contribution in [3.8, 4) is 5.75 Å². The number of nitrogens with zero attached hydrogens (tertiary/aromatic N) is 2. The molecule has 4 rings (SSSR count). The maximum absolute atomic E-state index is 12.8. The summed E-state index contributed by atoms with van der Waals surface area (Å²) < 4.78 is 33.1. The van der Waals surface area contributed by atoms with Gasteiger partial charge in [0.15, 0.2) is 5.96 Å². The molecule has 1 saturated heterocycles. The maximum Gasteiger partial charge on any atom is 0.243 e. The fourth-order valence-corrected chi connectivity index (χ4v) is 5.54. The van der Waals surface area contributed by atoms with Gasteiger partial charge < -0.3 is 15.4 Å². The Hall–Kier alpha value is -1.85. The lowest BCUT2D eigenvalue weighted by Crippen LogP contribution is -2.41. The van der Waals surface area contributed by atoms with Crippen LogP contribution in [0, 0.1) is 0 Å². The van der Waals surface area contributed by atoms with Crippen LogP contribution in [0.2, 0.25) is 0 Å². The number of hydrogen-bond donors (Lipinski definition) is 2. The highest BCUT2D eigenvalue weighted by atomic mass is 127. The normalized spacial score (nSPS) is 18.9. The number of sulfonamides is 1. The molecule has 2 aliphatic heterocycles. The zero-order chi connectivity index (χ0) is 21.7. The Morgan fingerprint density at radius 1 is 1.06 bits per heavy atom. The van der Waals surface area contributed by atoms with Gasteiger partial charge in [-0.2, -0.15) is 4.31 Å². The van der Waals surface area contributed by atoms with Crippen molar-refractivity contribution >= 4 is 40.0 Å². The van der Waals surface area contributed by atoms with Crippen molar-refractivity contribution in [1.29, 1.82) is 0 Å². The van der Waals surface area contributed by atoms with Gasteiger partial charge in [-0.25, -0.2) is 8.42 Å². The first-order valence-electron chi connectivity index (χ1n) is 10.8. The highest BCUT2D eigenvalue weighted by Crippen LogP contribution is 2.27. The number of piperidine rings is 1. The smallest absolute Gasteiger partial charge is 0.243 e. The largest absolute Gasteiger partial charge is 0.488 e. The van der Waals surface area contributed by atoms with Crippen LogP contribution in [-0.4, -0.2) is 51.5 Å². The quantitative estimate of drug-likeness (QED) is 0.317. The van der Waals surface area contributed by atoms with E-state index in [-0.39, 0.29) is 30.1 Å². The second kappa shape index (κ2) is 11.3. The van der Waals surface area contributed by atoms with Gasteiger partial charge in [0.25, 0.3) is 0 Å². The van der Waals surface area contributed by atoms with E-state index in [1.54, 1.807) is 23.5 Å². The molecule has 2 aliphatic rings. The van der Waals surface area contributed by atoms with E-state index in [4.69, 9.17) is 4.74 Å². The number of ether oxygens (including phenoxy) is 1. The van der Waals surface area contributed by atoms with Crippen molar-refractivity contribution in [2.45, 2.75) is 43.2 Å². The number of rotatable bonds is 6. The molecule has 7 nitrogen and oxygen atoms in total. The van der Waals surface area contributed by atoms with Crippen molar-refractivity contribution in [3.05, 3.63) is 59.7 Å². The zero-order valence-electron chi connectivity index (χ0n) is 18.3. The third kappa shape index (κ3) is 5.93. The summed E-state index contributed by atoms with van der Waals surface area (Å²) in [7, 11) is -1.66. The van der Waals surface area contributed by atoms with E-state index < -0.39 is 10.0 Å². The van der Waals surface area contributed by atoms with Crippen LogP contribution >= 0.6 is 24.0 Å². The fraction of sp³-hybridized carbons (Fsp3) is 0.435. The zero-order valence-corrected chi connectivity index (χ0v) is 21.4. The number of para-hydroxylation sites is 1. The number of guanidine groups is 1. The number of nitrogens with one attached hydrogen (secondary N) is 2. The Balaban J connectivity index is 0.00000289. The summed E-state index contributed by atoms with van der Waals surface area (Å²) in [6, 6.07) is 15.2. The van der Waals surface area contributed by atoms with E-state index in [0.29, 0.717) is 37.0 Å². The van der Waals surface area contributed by atoms with E-state index in [1.807, 2.05) is 30.3 Å². The SMILES string of the molecule is CN=C(NCc1ccc(S(=O)(=O)N2CCCCC2)cc1)NCC1Cc2ccccc2O1.I. The van der Waals surface area contributed by atoms with Gasteiger partial charge in [0.2, 0.25) is 10.0 Å². The third-order valence-corrected chi connectivity index (χ3v) is 7.68. The Bertz CT molecular complexity index is 997. The Morgan fingerprint density at radius 2 is 1.78 bits per heavy atom. The van der Waals surface area contributed by atoms with Gasteiger partial charge in [-0.1, -0.05) is 36.8 Å². The Labute approximate surface area is 207 Å². The topological polar surface area (TPSA) is 83.0 Å². The minimum Gasteiger partial charge on any atom is -0.488 e. The monoisotopic (exact) mass is 570 g/mol. The fourth-order valence-electron chi connectivity index (χ4n) is 4.02. The van der Waals surface area contributed by atoms with Gasteiger partial charge >= 0.3 is 0 Å². The van der Waals surface area contributed by atoms with Gasteiger partial charge in [0.1, 0.15) is 11.9 Å². The molecule has 2 heterocycles. The van der Waals surface area contributed by atoms with E-state index in [2.05, 4.69) is 21.7 Å². The van der Waals surface area contributed by atoms with Crippen LogP contribution in [0.25, 0.3) is 0 Å². The lowest BCUT2D eigenvalue weighted by molar-refractivity contribution is 0.235. The molecule has 9 heteroatoms. The average molecular weight is 570 g/mol. The van der Waals surface area contributed by atoms with Gasteiger partial charge in [0.05, 0.1) is 11.4 Å². The summed E-state index contributed by atoms with van der Waals surface area (Å²) in [6.07, 6.45) is 3.94. The molecule has 1 atom stereocenters. The maximum atomic E-state index is 12.8. The van der Waals surface area contributed by atoms with Crippen molar-refractivity contribution in [1.82, 2.24) is 14.9 Å². The van der Waals surface area contributed by atoms with Gasteiger partial charge in [-0.3, -0.25) is 4.99 Å². The minimum absolute atomic E-state index is 0. The highest BCUT2D eigenvalue weighted by molar-refractivity contribution is 14.0. The summed E-state index contributed by atoms with van der Waals surface area (Å²) in [5, 5.41) is 6.58. The number of hydrogen-bond acceptors (Lipinski definition) is 4. The van der Waals surface area contributed by atoms with E-state index >= 15 is 0 Å². The minimum atomic E-state index is -3.39. The van der Waals surface area contributed by atoms with Crippen molar-refractivity contribution in [2.24, 2.45) is 4.99 Å². The second-order valence-corrected chi connectivity index (χ2v) is 9.91. The third-order valence-electron chi connectivity index (χ3n) is 5.77. The average Bonchev–Trinajstić information content (AvgIpc) is 3.23. The molecule has 2 aromatic rings. The first-order chi connectivity index (χ1) is 15.1. The van der Waals surface area contributed by atoms with E-state index in [0.717, 1.165) is 37.0 Å². The molecular formula is C23H31IN4O3S. The van der Waals surface area contributed by atoms with E-state index in [1.165, 1.54) is 5.56 Å². The van der Waals surface area contributed by atoms with Crippen molar-refractivity contribution in [2.75, 3.05) is 26.7 Å². The summed E-state index contributed by atoms with van der Waals surface area (Å²) >= 11 is 0. The number of aliphatic imine (C=N–C) groups is 1. The van der Waals surface area contributed by atoms with Crippen LogP contribution < -0.4 is 15.4 Å². The van der Waals surface area contributed by atoms with E-state index in [9.17, 15) is 8.42 Å². The predicted molar refractivity (Wildman–Crippen MR) is 137 cm³/mol. The van der Waals surface area contributed by atoms with Gasteiger partial charge in [-0.15, -0.1) is 24.0 Å². The van der Waals surface area contributed by atoms with Crippen LogP contribution in [-0.2, 0) is 23.0 Å². The molecule has 32 heavy (non-hydrogen) atoms. The summed E-state index contributed by atoms with van der Waals surface area (Å²) in [6.45, 7) is 2.43. The molecule has 0 aliphatic carbocycles. The lowest BCUT2D eigenvalue weighted by Gasteiger charge is -2.25.